The average molecular weight is 289 g/mol. The van der Waals surface area contributed by atoms with Crippen molar-refractivity contribution >= 4 is 11.6 Å². The van der Waals surface area contributed by atoms with Crippen LogP contribution in [0.3, 0.4) is 0 Å². The molecule has 1 aliphatic heterocycles. The summed E-state index contributed by atoms with van der Waals surface area (Å²) in [6.07, 6.45) is 2.84. The minimum absolute atomic E-state index is 0.285. The van der Waals surface area contributed by atoms with Crippen LogP contribution in [0.5, 0.6) is 0 Å². The molecule has 116 valence electrons. The highest BCUT2D eigenvalue weighted by Gasteiger charge is 2.22. The maximum Gasteiger partial charge on any atom is 0.221 e. The van der Waals surface area contributed by atoms with Gasteiger partial charge in [-0.25, -0.2) is 0 Å². The normalized spacial score (nSPS) is 18.4. The first kappa shape index (κ1) is 15.8. The van der Waals surface area contributed by atoms with E-state index in [1.165, 1.54) is 25.9 Å². The summed E-state index contributed by atoms with van der Waals surface area (Å²) >= 11 is 0. The van der Waals surface area contributed by atoms with Gasteiger partial charge >= 0.3 is 0 Å². The highest BCUT2D eigenvalue weighted by Crippen LogP contribution is 2.23. The maximum absolute atomic E-state index is 10.9. The van der Waals surface area contributed by atoms with Crippen LogP contribution in [-0.4, -0.2) is 36.5 Å². The maximum atomic E-state index is 10.9. The number of likely N-dealkylation sites (tertiary alicyclic amines) is 1. The SMILES string of the molecule is CCN1CCC(C(C)Nc2ccc(CC(N)=O)cc2)CC1. The first-order chi connectivity index (χ1) is 10.1. The van der Waals surface area contributed by atoms with Gasteiger partial charge in [-0.3, -0.25) is 4.79 Å². The molecule has 1 fully saturated rings. The van der Waals surface area contributed by atoms with Crippen molar-refractivity contribution in [2.75, 3.05) is 25.0 Å². The summed E-state index contributed by atoms with van der Waals surface area (Å²) in [5, 5.41) is 3.59. The second kappa shape index (κ2) is 7.46. The number of nitrogens with zero attached hydrogens (tertiary/aromatic N) is 1. The average Bonchev–Trinajstić information content (AvgIpc) is 2.49. The molecule has 4 nitrogen and oxygen atoms in total. The van der Waals surface area contributed by atoms with Crippen LogP contribution >= 0.6 is 0 Å². The Morgan fingerprint density at radius 2 is 1.95 bits per heavy atom. The number of benzene rings is 1. The highest BCUT2D eigenvalue weighted by atomic mass is 16.1. The number of amides is 1. The van der Waals surface area contributed by atoms with Crippen molar-refractivity contribution in [3.63, 3.8) is 0 Å². The summed E-state index contributed by atoms with van der Waals surface area (Å²) in [4.78, 5) is 13.4. The van der Waals surface area contributed by atoms with Crippen molar-refractivity contribution in [1.82, 2.24) is 4.90 Å². The molecule has 1 aliphatic rings. The molecule has 1 amide bonds. The Labute approximate surface area is 127 Å². The Balaban J connectivity index is 1.85. The lowest BCUT2D eigenvalue weighted by Gasteiger charge is -2.34. The summed E-state index contributed by atoms with van der Waals surface area (Å²) in [7, 11) is 0. The number of primary amides is 1. The van der Waals surface area contributed by atoms with Crippen molar-refractivity contribution in [1.29, 1.82) is 0 Å². The van der Waals surface area contributed by atoms with E-state index in [1.54, 1.807) is 0 Å². The Morgan fingerprint density at radius 3 is 2.48 bits per heavy atom. The van der Waals surface area contributed by atoms with Gasteiger partial charge in [-0.05, 0) is 63.0 Å². The van der Waals surface area contributed by atoms with E-state index in [0.29, 0.717) is 12.5 Å². The molecule has 21 heavy (non-hydrogen) atoms. The number of carbonyl (C=O) groups excluding carboxylic acids is 1. The summed E-state index contributed by atoms with van der Waals surface area (Å²) in [5.41, 5.74) is 7.29. The van der Waals surface area contributed by atoms with Gasteiger partial charge in [0.25, 0.3) is 0 Å². The van der Waals surface area contributed by atoms with Gasteiger partial charge in [0, 0.05) is 11.7 Å². The molecule has 4 heteroatoms. The monoisotopic (exact) mass is 289 g/mol. The third-order valence-electron chi connectivity index (χ3n) is 4.51. The van der Waals surface area contributed by atoms with E-state index in [9.17, 15) is 4.79 Å². The number of nitrogens with one attached hydrogen (secondary N) is 1. The molecule has 0 spiro atoms. The molecule has 1 saturated heterocycles. The van der Waals surface area contributed by atoms with Crippen LogP contribution in [0.25, 0.3) is 0 Å². The summed E-state index contributed by atoms with van der Waals surface area (Å²) in [6, 6.07) is 8.50. The molecule has 0 aliphatic carbocycles. The van der Waals surface area contributed by atoms with Crippen LogP contribution < -0.4 is 11.1 Å². The summed E-state index contributed by atoms with van der Waals surface area (Å²) in [5.74, 6) is 0.449. The van der Waals surface area contributed by atoms with Crippen molar-refractivity contribution < 1.29 is 4.79 Å². The molecular weight excluding hydrogens is 262 g/mol. The lowest BCUT2D eigenvalue weighted by molar-refractivity contribution is -0.117. The van der Waals surface area contributed by atoms with Crippen LogP contribution in [0.15, 0.2) is 24.3 Å². The molecular formula is C17H27N3O. The van der Waals surface area contributed by atoms with Crippen molar-refractivity contribution in [3.05, 3.63) is 29.8 Å². The number of piperidine rings is 1. The van der Waals surface area contributed by atoms with Gasteiger partial charge in [-0.2, -0.15) is 0 Å². The van der Waals surface area contributed by atoms with Crippen molar-refractivity contribution in [2.24, 2.45) is 11.7 Å². The molecule has 1 heterocycles. The van der Waals surface area contributed by atoms with E-state index in [4.69, 9.17) is 5.73 Å². The largest absolute Gasteiger partial charge is 0.382 e. The molecule has 0 bridgehead atoms. The van der Waals surface area contributed by atoms with E-state index < -0.39 is 0 Å². The third-order valence-corrected chi connectivity index (χ3v) is 4.51. The zero-order valence-corrected chi connectivity index (χ0v) is 13.1. The van der Waals surface area contributed by atoms with E-state index in [0.717, 1.165) is 23.7 Å². The molecule has 1 atom stereocenters. The lowest BCUT2D eigenvalue weighted by atomic mass is 9.90. The predicted molar refractivity (Wildman–Crippen MR) is 87.3 cm³/mol. The van der Waals surface area contributed by atoms with Gasteiger partial charge in [0.05, 0.1) is 6.42 Å². The Bertz CT molecular complexity index is 450. The fourth-order valence-electron chi connectivity index (χ4n) is 3.07. The smallest absolute Gasteiger partial charge is 0.221 e. The quantitative estimate of drug-likeness (QED) is 0.844. The first-order valence-corrected chi connectivity index (χ1v) is 7.94. The van der Waals surface area contributed by atoms with E-state index in [2.05, 4.69) is 24.1 Å². The van der Waals surface area contributed by atoms with E-state index >= 15 is 0 Å². The number of rotatable bonds is 6. The zero-order valence-electron chi connectivity index (χ0n) is 13.1. The fourth-order valence-corrected chi connectivity index (χ4v) is 3.07. The molecule has 1 aromatic carbocycles. The Kier molecular flexibility index (Phi) is 5.62. The van der Waals surface area contributed by atoms with Gasteiger partial charge < -0.3 is 16.0 Å². The third kappa shape index (κ3) is 4.74. The van der Waals surface area contributed by atoms with Crippen molar-refractivity contribution in [2.45, 2.75) is 39.2 Å². The Morgan fingerprint density at radius 1 is 1.33 bits per heavy atom. The molecule has 1 aromatic rings. The van der Waals surface area contributed by atoms with E-state index in [1.807, 2.05) is 24.3 Å². The Hall–Kier alpha value is -1.55. The molecule has 3 N–H and O–H groups in total. The van der Waals surface area contributed by atoms with Gasteiger partial charge in [0.15, 0.2) is 0 Å². The minimum Gasteiger partial charge on any atom is -0.382 e. The van der Waals surface area contributed by atoms with Crippen LogP contribution in [0.4, 0.5) is 5.69 Å². The van der Waals surface area contributed by atoms with E-state index in [-0.39, 0.29) is 5.91 Å². The number of hydrogen-bond donors (Lipinski definition) is 2. The molecule has 2 rings (SSSR count). The molecule has 0 saturated carbocycles. The topological polar surface area (TPSA) is 58.4 Å². The molecule has 0 radical (unpaired) electrons. The number of hydrogen-bond acceptors (Lipinski definition) is 3. The van der Waals surface area contributed by atoms with Crippen LogP contribution in [-0.2, 0) is 11.2 Å². The summed E-state index contributed by atoms with van der Waals surface area (Å²) in [6.45, 7) is 8.09. The number of carbonyl (C=O) groups is 1. The van der Waals surface area contributed by atoms with Crippen LogP contribution in [0, 0.1) is 5.92 Å². The van der Waals surface area contributed by atoms with Gasteiger partial charge in [0.1, 0.15) is 0 Å². The second-order valence-corrected chi connectivity index (χ2v) is 6.04. The molecule has 1 unspecified atom stereocenters. The number of anilines is 1. The van der Waals surface area contributed by atoms with Crippen molar-refractivity contribution in [3.8, 4) is 0 Å². The predicted octanol–water partition coefficient (Wildman–Crippen LogP) is 2.25. The first-order valence-electron chi connectivity index (χ1n) is 7.94. The molecule has 0 aromatic heterocycles. The summed E-state index contributed by atoms with van der Waals surface area (Å²) < 4.78 is 0. The fraction of sp³-hybridized carbons (Fsp3) is 0.588. The second-order valence-electron chi connectivity index (χ2n) is 6.04. The highest BCUT2D eigenvalue weighted by molar-refractivity contribution is 5.76. The van der Waals surface area contributed by atoms with Gasteiger partial charge in [0.2, 0.25) is 5.91 Å². The minimum atomic E-state index is -0.285. The number of nitrogens with two attached hydrogens (primary N) is 1. The standard InChI is InChI=1S/C17H27N3O/c1-3-20-10-8-15(9-11-20)13(2)19-16-6-4-14(5-7-16)12-17(18)21/h4-7,13,15,19H,3,8-12H2,1-2H3,(H2,18,21). The van der Waals surface area contributed by atoms with Crippen LogP contribution in [0.2, 0.25) is 0 Å². The van der Waals surface area contributed by atoms with Crippen LogP contribution in [0.1, 0.15) is 32.3 Å². The van der Waals surface area contributed by atoms with Gasteiger partial charge in [-0.15, -0.1) is 0 Å². The zero-order chi connectivity index (χ0) is 15.2. The lowest BCUT2D eigenvalue weighted by Crippen LogP contribution is -2.39. The van der Waals surface area contributed by atoms with Gasteiger partial charge in [-0.1, -0.05) is 19.1 Å².